The zero-order valence-electron chi connectivity index (χ0n) is 10.2. The van der Waals surface area contributed by atoms with Crippen LogP contribution in [0.4, 0.5) is 5.69 Å². The molecule has 1 aliphatic rings. The molecule has 1 aromatic rings. The van der Waals surface area contributed by atoms with Crippen molar-refractivity contribution in [1.29, 1.82) is 0 Å². The topological polar surface area (TPSA) is 29.1 Å². The van der Waals surface area contributed by atoms with Gasteiger partial charge >= 0.3 is 0 Å². The Morgan fingerprint density at radius 1 is 1.31 bits per heavy atom. The number of amides is 1. The highest BCUT2D eigenvalue weighted by Gasteiger charge is 2.40. The van der Waals surface area contributed by atoms with Crippen LogP contribution in [-0.2, 0) is 10.2 Å². The van der Waals surface area contributed by atoms with Crippen LogP contribution in [-0.4, -0.2) is 5.91 Å². The zero-order valence-corrected chi connectivity index (χ0v) is 10.2. The van der Waals surface area contributed by atoms with Crippen LogP contribution < -0.4 is 5.32 Å². The van der Waals surface area contributed by atoms with E-state index in [4.69, 9.17) is 0 Å². The van der Waals surface area contributed by atoms with Gasteiger partial charge in [-0.15, -0.1) is 0 Å². The van der Waals surface area contributed by atoms with E-state index in [1.165, 1.54) is 18.4 Å². The number of nitrogens with one attached hydrogen (secondary N) is 1. The first-order chi connectivity index (χ1) is 7.53. The minimum absolute atomic E-state index is 0.0278. The smallest absolute Gasteiger partial charge is 0.226 e. The van der Waals surface area contributed by atoms with Crippen LogP contribution in [0, 0.1) is 5.92 Å². The van der Waals surface area contributed by atoms with Crippen molar-refractivity contribution in [3.63, 3.8) is 0 Å². The maximum atomic E-state index is 11.7. The summed E-state index contributed by atoms with van der Waals surface area (Å²) >= 11 is 0. The Hall–Kier alpha value is -1.31. The molecule has 2 nitrogen and oxygen atoms in total. The Balaban J connectivity index is 2.24. The number of para-hydroxylation sites is 1. The molecule has 0 heterocycles. The molecular formula is C14H19NO. The van der Waals surface area contributed by atoms with E-state index in [9.17, 15) is 4.79 Å². The third kappa shape index (κ3) is 2.11. The fourth-order valence-electron chi connectivity index (χ4n) is 1.85. The molecule has 1 saturated carbocycles. The van der Waals surface area contributed by atoms with Crippen molar-refractivity contribution >= 4 is 11.6 Å². The van der Waals surface area contributed by atoms with E-state index in [1.54, 1.807) is 0 Å². The average molecular weight is 217 g/mol. The lowest BCUT2D eigenvalue weighted by molar-refractivity contribution is -0.118. The first-order valence-electron chi connectivity index (χ1n) is 5.93. The van der Waals surface area contributed by atoms with Gasteiger partial charge < -0.3 is 5.32 Å². The number of carbonyl (C=O) groups is 1. The lowest BCUT2D eigenvalue weighted by Crippen LogP contribution is -2.19. The molecule has 0 unspecified atom stereocenters. The maximum Gasteiger partial charge on any atom is 0.226 e. The molecule has 0 spiro atoms. The van der Waals surface area contributed by atoms with Gasteiger partial charge in [-0.2, -0.15) is 0 Å². The molecule has 0 aromatic heterocycles. The van der Waals surface area contributed by atoms with E-state index in [0.29, 0.717) is 5.41 Å². The van der Waals surface area contributed by atoms with Crippen molar-refractivity contribution in [3.05, 3.63) is 29.8 Å². The summed E-state index contributed by atoms with van der Waals surface area (Å²) in [6.45, 7) is 6.08. The van der Waals surface area contributed by atoms with Crippen LogP contribution >= 0.6 is 0 Å². The van der Waals surface area contributed by atoms with Crippen LogP contribution in [0.5, 0.6) is 0 Å². The Morgan fingerprint density at radius 3 is 2.50 bits per heavy atom. The first-order valence-corrected chi connectivity index (χ1v) is 5.93. The molecule has 86 valence electrons. The first kappa shape index (κ1) is 11.2. The molecule has 1 aromatic carbocycles. The number of hydrogen-bond acceptors (Lipinski definition) is 1. The molecule has 1 aliphatic carbocycles. The molecule has 1 amide bonds. The van der Waals surface area contributed by atoms with Crippen molar-refractivity contribution in [1.82, 2.24) is 0 Å². The van der Waals surface area contributed by atoms with Crippen molar-refractivity contribution in [2.45, 2.75) is 39.0 Å². The normalized spacial score (nSPS) is 17.2. The lowest BCUT2D eigenvalue weighted by atomic mass is 9.96. The Bertz CT molecular complexity index is 405. The SMILES string of the molecule is CC(C)C(=O)Nc1ccccc1C1(C)CC1. The van der Waals surface area contributed by atoms with Crippen LogP contribution in [0.1, 0.15) is 39.2 Å². The Morgan fingerprint density at radius 2 is 1.94 bits per heavy atom. The van der Waals surface area contributed by atoms with Gasteiger partial charge in [-0.25, -0.2) is 0 Å². The van der Waals surface area contributed by atoms with Crippen LogP contribution in [0.3, 0.4) is 0 Å². The van der Waals surface area contributed by atoms with E-state index in [2.05, 4.69) is 18.3 Å². The summed E-state index contributed by atoms with van der Waals surface area (Å²) in [5, 5.41) is 3.02. The lowest BCUT2D eigenvalue weighted by Gasteiger charge is -2.16. The fourth-order valence-corrected chi connectivity index (χ4v) is 1.85. The summed E-state index contributed by atoms with van der Waals surface area (Å²) in [7, 11) is 0. The average Bonchev–Trinajstić information content (AvgIpc) is 2.98. The van der Waals surface area contributed by atoms with Crippen molar-refractivity contribution in [2.24, 2.45) is 5.92 Å². The minimum atomic E-state index is 0.0278. The van der Waals surface area contributed by atoms with E-state index >= 15 is 0 Å². The Kier molecular flexibility index (Phi) is 2.75. The second-order valence-corrected chi connectivity index (χ2v) is 5.25. The summed E-state index contributed by atoms with van der Waals surface area (Å²) in [6.07, 6.45) is 2.45. The molecule has 0 aliphatic heterocycles. The molecular weight excluding hydrogens is 198 g/mol. The summed E-state index contributed by atoms with van der Waals surface area (Å²) in [4.78, 5) is 11.7. The highest BCUT2D eigenvalue weighted by atomic mass is 16.1. The largest absolute Gasteiger partial charge is 0.326 e. The number of hydrogen-bond donors (Lipinski definition) is 1. The van der Waals surface area contributed by atoms with Gasteiger partial charge in [-0.05, 0) is 29.9 Å². The van der Waals surface area contributed by atoms with Gasteiger partial charge in [0.1, 0.15) is 0 Å². The molecule has 0 bridgehead atoms. The molecule has 16 heavy (non-hydrogen) atoms. The highest BCUT2D eigenvalue weighted by Crippen LogP contribution is 2.50. The summed E-state index contributed by atoms with van der Waals surface area (Å²) < 4.78 is 0. The van der Waals surface area contributed by atoms with E-state index in [1.807, 2.05) is 32.0 Å². The standard InChI is InChI=1S/C14H19NO/c1-10(2)13(16)15-12-7-5-4-6-11(12)14(3)8-9-14/h4-7,10H,8-9H2,1-3H3,(H,15,16). The summed E-state index contributed by atoms with van der Waals surface area (Å²) in [5.74, 6) is 0.122. The number of benzene rings is 1. The number of anilines is 1. The monoisotopic (exact) mass is 217 g/mol. The van der Waals surface area contributed by atoms with Crippen molar-refractivity contribution in [2.75, 3.05) is 5.32 Å². The minimum Gasteiger partial charge on any atom is -0.326 e. The van der Waals surface area contributed by atoms with Crippen LogP contribution in [0.15, 0.2) is 24.3 Å². The third-order valence-corrected chi connectivity index (χ3v) is 3.36. The zero-order chi connectivity index (χ0) is 11.8. The molecule has 2 rings (SSSR count). The molecule has 1 N–H and O–H groups in total. The fraction of sp³-hybridized carbons (Fsp3) is 0.500. The summed E-state index contributed by atoms with van der Waals surface area (Å²) in [6, 6.07) is 8.15. The van der Waals surface area contributed by atoms with E-state index in [0.717, 1.165) is 5.69 Å². The van der Waals surface area contributed by atoms with E-state index < -0.39 is 0 Å². The maximum absolute atomic E-state index is 11.7. The molecule has 2 heteroatoms. The second-order valence-electron chi connectivity index (χ2n) is 5.25. The molecule has 1 fully saturated rings. The number of rotatable bonds is 3. The predicted molar refractivity (Wildman–Crippen MR) is 66.5 cm³/mol. The quantitative estimate of drug-likeness (QED) is 0.826. The molecule has 0 radical (unpaired) electrons. The Labute approximate surface area is 97.1 Å². The van der Waals surface area contributed by atoms with Gasteiger partial charge in [0.15, 0.2) is 0 Å². The number of carbonyl (C=O) groups excluding carboxylic acids is 1. The second kappa shape index (κ2) is 3.93. The van der Waals surface area contributed by atoms with Crippen molar-refractivity contribution in [3.8, 4) is 0 Å². The van der Waals surface area contributed by atoms with Gasteiger partial charge in [-0.1, -0.05) is 39.0 Å². The van der Waals surface area contributed by atoms with Crippen LogP contribution in [0.25, 0.3) is 0 Å². The predicted octanol–water partition coefficient (Wildman–Crippen LogP) is 3.33. The molecule has 0 saturated heterocycles. The van der Waals surface area contributed by atoms with Gasteiger partial charge in [-0.3, -0.25) is 4.79 Å². The van der Waals surface area contributed by atoms with Crippen LogP contribution in [0.2, 0.25) is 0 Å². The van der Waals surface area contributed by atoms with E-state index in [-0.39, 0.29) is 11.8 Å². The highest BCUT2D eigenvalue weighted by molar-refractivity contribution is 5.93. The van der Waals surface area contributed by atoms with Gasteiger partial charge in [0, 0.05) is 11.6 Å². The van der Waals surface area contributed by atoms with Crippen molar-refractivity contribution < 1.29 is 4.79 Å². The van der Waals surface area contributed by atoms with Gasteiger partial charge in [0.25, 0.3) is 0 Å². The third-order valence-electron chi connectivity index (χ3n) is 3.36. The molecule has 0 atom stereocenters. The van der Waals surface area contributed by atoms with Gasteiger partial charge in [0.2, 0.25) is 5.91 Å². The van der Waals surface area contributed by atoms with Gasteiger partial charge in [0.05, 0.1) is 0 Å². The summed E-state index contributed by atoms with van der Waals surface area (Å²) in [5.41, 5.74) is 2.56.